The number of aryl methyl sites for hydroxylation is 3. The number of nitrogens with zero attached hydrogens (tertiary/aromatic N) is 2. The van der Waals surface area contributed by atoms with Crippen LogP contribution in [0.25, 0.3) is 0 Å². The molecule has 1 amide bonds. The molecule has 0 radical (unpaired) electrons. The van der Waals surface area contributed by atoms with Crippen LogP contribution in [-0.2, 0) is 11.3 Å². The van der Waals surface area contributed by atoms with Crippen molar-refractivity contribution < 1.29 is 14.7 Å². The van der Waals surface area contributed by atoms with Crippen molar-refractivity contribution in [3.63, 3.8) is 0 Å². The number of benzene rings is 1. The van der Waals surface area contributed by atoms with Gasteiger partial charge in [0.05, 0.1) is 24.7 Å². The molecule has 2 N–H and O–H groups in total. The summed E-state index contributed by atoms with van der Waals surface area (Å²) in [5.41, 5.74) is 3.21. The Labute approximate surface area is 122 Å². The third kappa shape index (κ3) is 3.92. The highest BCUT2D eigenvalue weighted by atomic mass is 16.4. The Hall–Kier alpha value is -2.63. The van der Waals surface area contributed by atoms with Gasteiger partial charge in [-0.05, 0) is 31.0 Å². The van der Waals surface area contributed by atoms with Crippen molar-refractivity contribution in [1.82, 2.24) is 9.78 Å². The van der Waals surface area contributed by atoms with Crippen molar-refractivity contribution in [3.05, 3.63) is 47.3 Å². The molecular formula is C15H17N3O3. The lowest BCUT2D eigenvalue weighted by Gasteiger charge is -2.08. The third-order valence-electron chi connectivity index (χ3n) is 3.09. The van der Waals surface area contributed by atoms with Gasteiger partial charge in [-0.3, -0.25) is 14.3 Å². The first-order chi connectivity index (χ1) is 9.95. The number of nitrogens with one attached hydrogen (secondary N) is 1. The molecule has 0 aliphatic carbocycles. The average Bonchev–Trinajstić information content (AvgIpc) is 2.89. The second-order valence-corrected chi connectivity index (χ2v) is 4.91. The van der Waals surface area contributed by atoms with E-state index in [2.05, 4.69) is 10.4 Å². The minimum atomic E-state index is -0.896. The number of carbonyl (C=O) groups is 2. The number of carbonyl (C=O) groups excluding carboxylic acids is 1. The van der Waals surface area contributed by atoms with E-state index in [1.807, 2.05) is 32.0 Å². The molecule has 1 aromatic carbocycles. The van der Waals surface area contributed by atoms with Crippen LogP contribution in [0, 0.1) is 13.8 Å². The number of hydrogen-bond acceptors (Lipinski definition) is 3. The van der Waals surface area contributed by atoms with E-state index in [1.165, 1.54) is 10.9 Å². The fourth-order valence-corrected chi connectivity index (χ4v) is 1.88. The van der Waals surface area contributed by atoms with Gasteiger partial charge in [0.1, 0.15) is 0 Å². The number of amides is 1. The quantitative estimate of drug-likeness (QED) is 0.883. The molecule has 1 aromatic heterocycles. The molecule has 0 bridgehead atoms. The standard InChI is InChI=1S/C15H17N3O3/c1-10-3-4-11(2)13(7-10)17-15(21)12-8-16-18(9-12)6-5-14(19)20/h3-4,7-9H,5-6H2,1-2H3,(H,17,21)(H,19,20). The van der Waals surface area contributed by atoms with Crippen molar-refractivity contribution in [2.45, 2.75) is 26.8 Å². The molecule has 0 fully saturated rings. The Morgan fingerprint density at radius 1 is 1.33 bits per heavy atom. The molecule has 0 saturated heterocycles. The summed E-state index contributed by atoms with van der Waals surface area (Å²) in [6, 6.07) is 5.83. The van der Waals surface area contributed by atoms with Gasteiger partial charge in [0.15, 0.2) is 0 Å². The first-order valence-corrected chi connectivity index (χ1v) is 6.58. The van der Waals surface area contributed by atoms with Gasteiger partial charge in [-0.2, -0.15) is 5.10 Å². The maximum absolute atomic E-state index is 12.1. The molecule has 2 aromatic rings. The minimum absolute atomic E-state index is 0.0280. The largest absolute Gasteiger partial charge is 0.481 e. The Balaban J connectivity index is 2.06. The lowest BCUT2D eigenvalue weighted by Crippen LogP contribution is -2.12. The molecule has 0 saturated carbocycles. The number of carboxylic acid groups (broad SMARTS) is 1. The van der Waals surface area contributed by atoms with E-state index in [-0.39, 0.29) is 18.9 Å². The van der Waals surface area contributed by atoms with Crippen LogP contribution in [0.2, 0.25) is 0 Å². The SMILES string of the molecule is Cc1ccc(C)c(NC(=O)c2cnn(CCC(=O)O)c2)c1. The van der Waals surface area contributed by atoms with Gasteiger partial charge in [-0.15, -0.1) is 0 Å². The number of aliphatic carboxylic acids is 1. The van der Waals surface area contributed by atoms with Gasteiger partial charge in [-0.25, -0.2) is 0 Å². The van der Waals surface area contributed by atoms with E-state index < -0.39 is 5.97 Å². The Kier molecular flexibility index (Phi) is 4.37. The van der Waals surface area contributed by atoms with Crippen LogP contribution in [-0.4, -0.2) is 26.8 Å². The van der Waals surface area contributed by atoms with E-state index in [0.29, 0.717) is 5.56 Å². The van der Waals surface area contributed by atoms with Crippen LogP contribution in [0.5, 0.6) is 0 Å². The summed E-state index contributed by atoms with van der Waals surface area (Å²) in [5, 5.41) is 15.4. The van der Waals surface area contributed by atoms with Crippen molar-refractivity contribution in [2.24, 2.45) is 0 Å². The van der Waals surface area contributed by atoms with Gasteiger partial charge in [0, 0.05) is 11.9 Å². The average molecular weight is 287 g/mol. The molecule has 21 heavy (non-hydrogen) atoms. The van der Waals surface area contributed by atoms with Crippen molar-refractivity contribution in [3.8, 4) is 0 Å². The number of anilines is 1. The topological polar surface area (TPSA) is 84.2 Å². The Morgan fingerprint density at radius 2 is 2.10 bits per heavy atom. The zero-order valence-corrected chi connectivity index (χ0v) is 12.0. The Bertz CT molecular complexity index is 677. The summed E-state index contributed by atoms with van der Waals surface area (Å²) in [7, 11) is 0. The molecule has 1 heterocycles. The predicted molar refractivity (Wildman–Crippen MR) is 78.3 cm³/mol. The molecule has 0 unspecified atom stereocenters. The fourth-order valence-electron chi connectivity index (χ4n) is 1.88. The van der Waals surface area contributed by atoms with Crippen molar-refractivity contribution >= 4 is 17.6 Å². The second-order valence-electron chi connectivity index (χ2n) is 4.91. The molecule has 0 atom stereocenters. The third-order valence-corrected chi connectivity index (χ3v) is 3.09. The van der Waals surface area contributed by atoms with E-state index in [4.69, 9.17) is 5.11 Å². The molecule has 0 aliphatic rings. The smallest absolute Gasteiger partial charge is 0.305 e. The highest BCUT2D eigenvalue weighted by Gasteiger charge is 2.11. The lowest BCUT2D eigenvalue weighted by molar-refractivity contribution is -0.137. The zero-order valence-electron chi connectivity index (χ0n) is 12.0. The monoisotopic (exact) mass is 287 g/mol. The summed E-state index contributed by atoms with van der Waals surface area (Å²) in [5.74, 6) is -1.16. The number of carboxylic acids is 1. The van der Waals surface area contributed by atoms with Crippen LogP contribution < -0.4 is 5.32 Å². The molecule has 2 rings (SSSR count). The maximum atomic E-state index is 12.1. The maximum Gasteiger partial charge on any atom is 0.305 e. The van der Waals surface area contributed by atoms with E-state index in [9.17, 15) is 9.59 Å². The minimum Gasteiger partial charge on any atom is -0.481 e. The predicted octanol–water partition coefficient (Wildman–Crippen LogP) is 2.23. The van der Waals surface area contributed by atoms with Gasteiger partial charge in [-0.1, -0.05) is 12.1 Å². The summed E-state index contributed by atoms with van der Waals surface area (Å²) in [4.78, 5) is 22.7. The van der Waals surface area contributed by atoms with E-state index >= 15 is 0 Å². The first-order valence-electron chi connectivity index (χ1n) is 6.58. The number of hydrogen-bond donors (Lipinski definition) is 2. The summed E-state index contributed by atoms with van der Waals surface area (Å²) >= 11 is 0. The van der Waals surface area contributed by atoms with Crippen molar-refractivity contribution in [2.75, 3.05) is 5.32 Å². The van der Waals surface area contributed by atoms with Gasteiger partial charge in [0.2, 0.25) is 0 Å². The zero-order chi connectivity index (χ0) is 15.4. The molecule has 6 nitrogen and oxygen atoms in total. The summed E-state index contributed by atoms with van der Waals surface area (Å²) < 4.78 is 1.45. The molecular weight excluding hydrogens is 270 g/mol. The number of aromatic nitrogens is 2. The van der Waals surface area contributed by atoms with Crippen LogP contribution in [0.4, 0.5) is 5.69 Å². The van der Waals surface area contributed by atoms with Gasteiger partial charge < -0.3 is 10.4 Å². The van der Waals surface area contributed by atoms with Crippen LogP contribution in [0.15, 0.2) is 30.6 Å². The van der Waals surface area contributed by atoms with Crippen LogP contribution >= 0.6 is 0 Å². The Morgan fingerprint density at radius 3 is 2.81 bits per heavy atom. The van der Waals surface area contributed by atoms with Gasteiger partial charge >= 0.3 is 5.97 Å². The summed E-state index contributed by atoms with van der Waals surface area (Å²) in [6.45, 7) is 4.12. The second kappa shape index (κ2) is 6.21. The number of rotatable bonds is 5. The van der Waals surface area contributed by atoms with Crippen LogP contribution in [0.3, 0.4) is 0 Å². The normalized spacial score (nSPS) is 10.4. The van der Waals surface area contributed by atoms with Crippen molar-refractivity contribution in [1.29, 1.82) is 0 Å². The molecule has 0 aliphatic heterocycles. The fraction of sp³-hybridized carbons (Fsp3) is 0.267. The lowest BCUT2D eigenvalue weighted by atomic mass is 10.1. The first kappa shape index (κ1) is 14.8. The van der Waals surface area contributed by atoms with Crippen LogP contribution in [0.1, 0.15) is 27.9 Å². The van der Waals surface area contributed by atoms with Gasteiger partial charge in [0.25, 0.3) is 5.91 Å². The molecule has 110 valence electrons. The van der Waals surface area contributed by atoms with E-state index in [1.54, 1.807) is 6.20 Å². The highest BCUT2D eigenvalue weighted by molar-refractivity contribution is 6.04. The molecule has 6 heteroatoms. The van der Waals surface area contributed by atoms with E-state index in [0.717, 1.165) is 16.8 Å². The highest BCUT2D eigenvalue weighted by Crippen LogP contribution is 2.17. The summed E-state index contributed by atoms with van der Waals surface area (Å²) in [6.07, 6.45) is 2.95. The molecule has 0 spiro atoms.